The highest BCUT2D eigenvalue weighted by atomic mass is 32.2. The molecule has 0 bridgehead atoms. The van der Waals surface area contributed by atoms with Crippen molar-refractivity contribution in [2.24, 2.45) is 5.10 Å². The fourth-order valence-electron chi connectivity index (χ4n) is 3.16. The van der Waals surface area contributed by atoms with Gasteiger partial charge in [-0.1, -0.05) is 72.4 Å². The first-order chi connectivity index (χ1) is 15.0. The van der Waals surface area contributed by atoms with Gasteiger partial charge in [0.05, 0.1) is 6.54 Å². The van der Waals surface area contributed by atoms with Crippen LogP contribution < -0.4 is 0 Å². The monoisotopic (exact) mass is 439 g/mol. The van der Waals surface area contributed by atoms with Crippen LogP contribution in [0, 0.1) is 0 Å². The zero-order chi connectivity index (χ0) is 22.2. The first-order valence-electron chi connectivity index (χ1n) is 9.97. The fourth-order valence-corrected chi connectivity index (χ4v) is 3.73. The first kappa shape index (κ1) is 22.6. The predicted molar refractivity (Wildman–Crippen MR) is 120 cm³/mol. The van der Waals surface area contributed by atoms with E-state index in [0.29, 0.717) is 11.6 Å². The van der Waals surface area contributed by atoms with Crippen LogP contribution in [0.5, 0.6) is 0 Å². The minimum Gasteiger partial charge on any atom is -0.459 e. The molecule has 0 radical (unpaired) electrons. The number of hydrogen-bond acceptors (Lipinski definition) is 7. The molecule has 1 amide bonds. The summed E-state index contributed by atoms with van der Waals surface area (Å²) in [7, 11) is 1.83. The minimum atomic E-state index is -0.865. The van der Waals surface area contributed by atoms with Crippen LogP contribution in [-0.4, -0.2) is 58.1 Å². The number of thioether (sulfide) groups is 1. The minimum absolute atomic E-state index is 0.0570. The molecule has 1 aliphatic heterocycles. The molecule has 2 aromatic rings. The highest BCUT2D eigenvalue weighted by molar-refractivity contribution is 8.13. The molecule has 7 nitrogen and oxygen atoms in total. The maximum Gasteiger partial charge on any atom is 0.333 e. The maximum atomic E-state index is 12.9. The Kier molecular flexibility index (Phi) is 7.83. The Labute approximate surface area is 186 Å². The Morgan fingerprint density at radius 1 is 1.06 bits per heavy atom. The van der Waals surface area contributed by atoms with E-state index in [-0.39, 0.29) is 30.6 Å². The Hall–Kier alpha value is -3.13. The number of likely N-dealkylation sites (N-methyl/N-ethyl adjacent to an activating group) is 1. The number of hydrazone groups is 1. The second-order valence-electron chi connectivity index (χ2n) is 7.11. The van der Waals surface area contributed by atoms with E-state index in [1.807, 2.05) is 72.6 Å². The van der Waals surface area contributed by atoms with Gasteiger partial charge < -0.3 is 9.64 Å². The summed E-state index contributed by atoms with van der Waals surface area (Å²) in [4.78, 5) is 38.9. The number of amides is 1. The topological polar surface area (TPSA) is 79.3 Å². The van der Waals surface area contributed by atoms with Crippen LogP contribution in [0.4, 0.5) is 0 Å². The summed E-state index contributed by atoms with van der Waals surface area (Å²) in [6, 6.07) is 18.0. The molecule has 0 aliphatic carbocycles. The van der Waals surface area contributed by atoms with Gasteiger partial charge in [0, 0.05) is 31.7 Å². The zero-order valence-electron chi connectivity index (χ0n) is 17.6. The second-order valence-corrected chi connectivity index (χ2v) is 8.38. The number of esters is 1. The molecule has 1 unspecified atom stereocenters. The van der Waals surface area contributed by atoms with Crippen molar-refractivity contribution in [1.82, 2.24) is 9.91 Å². The van der Waals surface area contributed by atoms with Crippen LogP contribution in [0.15, 0.2) is 65.8 Å². The summed E-state index contributed by atoms with van der Waals surface area (Å²) in [6.45, 7) is 1.84. The number of carbonyl (C=O) groups excluding carboxylic acids is 3. The molecule has 3 rings (SSSR count). The van der Waals surface area contributed by atoms with Gasteiger partial charge in [0.15, 0.2) is 17.0 Å². The summed E-state index contributed by atoms with van der Waals surface area (Å²) >= 11 is 1.08. The van der Waals surface area contributed by atoms with Gasteiger partial charge in [0.25, 0.3) is 0 Å². The lowest BCUT2D eigenvalue weighted by molar-refractivity contribution is -0.157. The molecule has 0 saturated carbocycles. The van der Waals surface area contributed by atoms with Gasteiger partial charge >= 0.3 is 5.97 Å². The number of nitrogens with zero attached hydrogens (tertiary/aromatic N) is 3. The van der Waals surface area contributed by atoms with Crippen molar-refractivity contribution < 1.29 is 19.1 Å². The van der Waals surface area contributed by atoms with Gasteiger partial charge in [-0.15, -0.1) is 0 Å². The molecule has 31 heavy (non-hydrogen) atoms. The van der Waals surface area contributed by atoms with Crippen LogP contribution >= 0.6 is 11.8 Å². The average molecular weight is 440 g/mol. The summed E-state index contributed by atoms with van der Waals surface area (Å²) in [5.74, 6) is 0.0963. The molecule has 162 valence electrons. The fraction of sp³-hybridized carbons (Fsp3) is 0.304. The van der Waals surface area contributed by atoms with Crippen molar-refractivity contribution in [3.63, 3.8) is 0 Å². The molecular formula is C23H25N3O4S. The van der Waals surface area contributed by atoms with E-state index in [1.165, 1.54) is 11.9 Å². The van der Waals surface area contributed by atoms with Crippen molar-refractivity contribution in [2.45, 2.75) is 26.0 Å². The van der Waals surface area contributed by atoms with E-state index in [2.05, 4.69) is 5.10 Å². The van der Waals surface area contributed by atoms with Crippen LogP contribution in [0.1, 0.15) is 24.5 Å². The van der Waals surface area contributed by atoms with Gasteiger partial charge in [-0.25, -0.2) is 9.80 Å². The van der Waals surface area contributed by atoms with Gasteiger partial charge in [0.2, 0.25) is 5.91 Å². The maximum absolute atomic E-state index is 12.9. The van der Waals surface area contributed by atoms with Crippen molar-refractivity contribution >= 4 is 34.6 Å². The van der Waals surface area contributed by atoms with Crippen LogP contribution in [0.25, 0.3) is 0 Å². The Bertz CT molecular complexity index is 950. The number of amidine groups is 1. The highest BCUT2D eigenvalue weighted by Crippen LogP contribution is 2.19. The molecule has 1 heterocycles. The number of rotatable bonds is 7. The van der Waals surface area contributed by atoms with Crippen molar-refractivity contribution in [3.8, 4) is 0 Å². The van der Waals surface area contributed by atoms with E-state index in [1.54, 1.807) is 0 Å². The molecule has 1 aliphatic rings. The number of hydrogen-bond donors (Lipinski definition) is 0. The summed E-state index contributed by atoms with van der Waals surface area (Å²) in [5, 5.41) is 5.68. The molecular weight excluding hydrogens is 414 g/mol. The standard InChI is InChI=1S/C23H25N3O4S/c1-17(27)31-14-13-21(28)26-20(23(29)30-16-18-9-5-3-6-10-18)15-25(2)22(24-26)19-11-7-4-8-12-19/h3-12,20H,13-16H2,1-2H3. The zero-order valence-corrected chi connectivity index (χ0v) is 18.4. The first-order valence-corrected chi connectivity index (χ1v) is 11.0. The van der Waals surface area contributed by atoms with Gasteiger partial charge in [-0.05, 0) is 5.56 Å². The lowest BCUT2D eigenvalue weighted by Crippen LogP contribution is -2.54. The highest BCUT2D eigenvalue weighted by Gasteiger charge is 2.37. The third-order valence-corrected chi connectivity index (χ3v) is 5.53. The normalized spacial score (nSPS) is 15.9. The van der Waals surface area contributed by atoms with E-state index >= 15 is 0 Å². The molecule has 0 saturated heterocycles. The van der Waals surface area contributed by atoms with Gasteiger partial charge in [-0.3, -0.25) is 9.59 Å². The van der Waals surface area contributed by atoms with Crippen LogP contribution in [0.3, 0.4) is 0 Å². The number of carbonyl (C=O) groups is 3. The third-order valence-electron chi connectivity index (χ3n) is 4.71. The van der Waals surface area contributed by atoms with E-state index in [9.17, 15) is 14.4 Å². The van der Waals surface area contributed by atoms with E-state index < -0.39 is 12.0 Å². The quantitative estimate of drug-likeness (QED) is 0.618. The van der Waals surface area contributed by atoms with Gasteiger partial charge in [0.1, 0.15) is 6.61 Å². The molecule has 0 aromatic heterocycles. The molecule has 2 aromatic carbocycles. The summed E-state index contributed by atoms with van der Waals surface area (Å²) in [6.07, 6.45) is 0.0992. The van der Waals surface area contributed by atoms with Crippen molar-refractivity contribution in [1.29, 1.82) is 0 Å². The Morgan fingerprint density at radius 2 is 1.71 bits per heavy atom. The molecule has 1 atom stereocenters. The summed E-state index contributed by atoms with van der Waals surface area (Å²) < 4.78 is 5.49. The Balaban J connectivity index is 1.80. The van der Waals surface area contributed by atoms with Gasteiger partial charge in [-0.2, -0.15) is 5.10 Å². The molecule has 0 fully saturated rings. The van der Waals surface area contributed by atoms with E-state index in [4.69, 9.17) is 4.74 Å². The summed E-state index contributed by atoms with van der Waals surface area (Å²) in [5.41, 5.74) is 1.71. The second kappa shape index (κ2) is 10.8. The number of benzene rings is 2. The molecule has 8 heteroatoms. The lowest BCUT2D eigenvalue weighted by Gasteiger charge is -2.36. The van der Waals surface area contributed by atoms with Crippen LogP contribution in [0.2, 0.25) is 0 Å². The average Bonchev–Trinajstić information content (AvgIpc) is 2.78. The number of ether oxygens (including phenoxy) is 1. The predicted octanol–water partition coefficient (Wildman–Crippen LogP) is 2.90. The van der Waals surface area contributed by atoms with Crippen LogP contribution in [-0.2, 0) is 25.7 Å². The van der Waals surface area contributed by atoms with Crippen molar-refractivity contribution in [2.75, 3.05) is 19.3 Å². The van der Waals surface area contributed by atoms with Crippen molar-refractivity contribution in [3.05, 3.63) is 71.8 Å². The smallest absolute Gasteiger partial charge is 0.333 e. The lowest BCUT2D eigenvalue weighted by atomic mass is 10.1. The SMILES string of the molecule is CC(=O)SCCC(=O)N1N=C(c2ccccc2)N(C)CC1C(=O)OCc1ccccc1. The third kappa shape index (κ3) is 6.18. The largest absolute Gasteiger partial charge is 0.459 e. The molecule has 0 spiro atoms. The molecule has 0 N–H and O–H groups in total. The van der Waals surface area contributed by atoms with E-state index in [0.717, 1.165) is 22.9 Å². The Morgan fingerprint density at radius 3 is 2.35 bits per heavy atom.